The highest BCUT2D eigenvalue weighted by Crippen LogP contribution is 2.48. The molecule has 3 heterocycles. The van der Waals surface area contributed by atoms with E-state index in [4.69, 9.17) is 16.0 Å². The molecule has 2 fully saturated rings. The highest BCUT2D eigenvalue weighted by atomic mass is 35.5. The van der Waals surface area contributed by atoms with Crippen LogP contribution in [0.1, 0.15) is 42.7 Å². The monoisotopic (exact) mass is 648 g/mol. The van der Waals surface area contributed by atoms with E-state index in [1.807, 2.05) is 6.07 Å². The van der Waals surface area contributed by atoms with E-state index in [1.165, 1.54) is 48.8 Å². The minimum atomic E-state index is -2.96. The number of nitriles is 1. The van der Waals surface area contributed by atoms with Crippen molar-refractivity contribution < 1.29 is 32.0 Å². The summed E-state index contributed by atoms with van der Waals surface area (Å²) in [6.07, 6.45) is 2.11. The van der Waals surface area contributed by atoms with Crippen LogP contribution < -0.4 is 15.5 Å². The maximum Gasteiger partial charge on any atom is 0.252 e. The van der Waals surface area contributed by atoms with Crippen molar-refractivity contribution in [1.82, 2.24) is 15.3 Å². The van der Waals surface area contributed by atoms with E-state index in [1.54, 1.807) is 12.1 Å². The van der Waals surface area contributed by atoms with Gasteiger partial charge in [0.05, 0.1) is 23.7 Å². The van der Waals surface area contributed by atoms with Crippen molar-refractivity contribution in [2.75, 3.05) is 10.2 Å². The second-order valence-corrected chi connectivity index (χ2v) is 11.5. The third-order valence-electron chi connectivity index (χ3n) is 8.13. The Morgan fingerprint density at radius 1 is 1.15 bits per heavy atom. The minimum absolute atomic E-state index is 0.0363. The number of hydrogen-bond acceptors (Lipinski definition) is 7. The molecule has 2 N–H and O–H groups in total. The molecule has 6 rings (SSSR count). The lowest BCUT2D eigenvalue weighted by Crippen LogP contribution is -2.63. The number of aromatic nitrogens is 2. The number of halogens is 4. The second-order valence-electron chi connectivity index (χ2n) is 11.1. The van der Waals surface area contributed by atoms with Crippen LogP contribution >= 0.6 is 11.6 Å². The van der Waals surface area contributed by atoms with Gasteiger partial charge in [0.2, 0.25) is 11.8 Å². The Morgan fingerprint density at radius 3 is 2.63 bits per heavy atom. The van der Waals surface area contributed by atoms with Gasteiger partial charge in [0.25, 0.3) is 11.8 Å². The van der Waals surface area contributed by atoms with Gasteiger partial charge in [-0.2, -0.15) is 5.26 Å². The second kappa shape index (κ2) is 11.9. The summed E-state index contributed by atoms with van der Waals surface area (Å²) in [5, 5.41) is 14.9. The number of amides is 3. The maximum absolute atomic E-state index is 14.8. The molecule has 3 amide bonds. The Kier molecular flexibility index (Phi) is 7.99. The smallest absolute Gasteiger partial charge is 0.252 e. The van der Waals surface area contributed by atoms with Crippen molar-refractivity contribution in [2.24, 2.45) is 0 Å². The molecule has 1 saturated heterocycles. The first kappa shape index (κ1) is 30.8. The summed E-state index contributed by atoms with van der Waals surface area (Å²) < 4.78 is 47.7. The summed E-state index contributed by atoms with van der Waals surface area (Å²) in [6, 6.07) is 13.6. The molecule has 0 radical (unpaired) electrons. The first-order valence-corrected chi connectivity index (χ1v) is 14.5. The third-order valence-corrected chi connectivity index (χ3v) is 8.47. The number of rotatable bonds is 8. The number of nitrogens with zero attached hydrogens (tertiary/aromatic N) is 4. The highest BCUT2D eigenvalue weighted by molar-refractivity contribution is 6.32. The number of alkyl halides is 2. The van der Waals surface area contributed by atoms with E-state index < -0.39 is 59.8 Å². The molecule has 14 heteroatoms. The average molecular weight is 649 g/mol. The molecule has 1 unspecified atom stereocenters. The molecular weight excluding hydrogens is 625 g/mol. The van der Waals surface area contributed by atoms with Crippen LogP contribution in [0.4, 0.5) is 24.7 Å². The molecule has 10 nitrogen and oxygen atoms in total. The Morgan fingerprint density at radius 2 is 1.93 bits per heavy atom. The minimum Gasteiger partial charge on any atom is -0.444 e. The summed E-state index contributed by atoms with van der Waals surface area (Å²) in [7, 11) is 0. The topological polar surface area (TPSA) is 141 Å². The molecule has 234 valence electrons. The van der Waals surface area contributed by atoms with Crippen molar-refractivity contribution in [3.63, 3.8) is 0 Å². The average Bonchev–Trinajstić information content (AvgIpc) is 3.66. The fourth-order valence-corrected chi connectivity index (χ4v) is 6.32. The van der Waals surface area contributed by atoms with Crippen molar-refractivity contribution in [3.8, 4) is 17.4 Å². The van der Waals surface area contributed by atoms with Crippen LogP contribution in [0, 0.1) is 17.1 Å². The number of carbonyl (C=O) groups is 3. The summed E-state index contributed by atoms with van der Waals surface area (Å²) in [4.78, 5) is 51.8. The molecule has 1 saturated carbocycles. The number of oxazole rings is 1. The molecule has 2 aromatic carbocycles. The largest absolute Gasteiger partial charge is 0.444 e. The predicted octanol–water partition coefficient (Wildman–Crippen LogP) is 5.60. The zero-order valence-corrected chi connectivity index (χ0v) is 24.6. The van der Waals surface area contributed by atoms with E-state index in [9.17, 15) is 32.8 Å². The number of benzene rings is 2. The normalized spacial score (nSPS) is 19.6. The Hall–Kier alpha value is -5.22. The number of anilines is 2. The van der Waals surface area contributed by atoms with Gasteiger partial charge in [-0.3, -0.25) is 19.3 Å². The molecule has 0 spiro atoms. The summed E-state index contributed by atoms with van der Waals surface area (Å²) in [6.45, 7) is 0. The first-order chi connectivity index (χ1) is 22.0. The van der Waals surface area contributed by atoms with Crippen molar-refractivity contribution in [2.45, 2.75) is 49.1 Å². The summed E-state index contributed by atoms with van der Waals surface area (Å²) in [5.41, 5.74) is -1.64. The maximum atomic E-state index is 14.8. The van der Waals surface area contributed by atoms with E-state index in [0.717, 1.165) is 17.4 Å². The Labute approximate surface area is 265 Å². The van der Waals surface area contributed by atoms with Gasteiger partial charge >= 0.3 is 0 Å². The van der Waals surface area contributed by atoms with Crippen LogP contribution in [0.3, 0.4) is 0 Å². The van der Waals surface area contributed by atoms with Gasteiger partial charge in [-0.05, 0) is 48.4 Å². The van der Waals surface area contributed by atoms with Gasteiger partial charge in [0, 0.05) is 47.8 Å². The van der Waals surface area contributed by atoms with Crippen LogP contribution in [0.25, 0.3) is 11.3 Å². The van der Waals surface area contributed by atoms with E-state index in [2.05, 4.69) is 20.6 Å². The fraction of sp³-hybridized carbons (Fsp3) is 0.250. The lowest BCUT2D eigenvalue weighted by Gasteiger charge is -2.43. The molecule has 0 bridgehead atoms. The molecule has 2 aromatic heterocycles. The zero-order valence-electron chi connectivity index (χ0n) is 23.8. The van der Waals surface area contributed by atoms with Crippen LogP contribution in [0.15, 0.2) is 77.8 Å². The van der Waals surface area contributed by atoms with Crippen LogP contribution in [0.5, 0.6) is 0 Å². The molecule has 1 aliphatic carbocycles. The molecular formula is C32H24ClF3N6O4. The molecule has 46 heavy (non-hydrogen) atoms. The van der Waals surface area contributed by atoms with E-state index in [-0.39, 0.29) is 51.8 Å². The van der Waals surface area contributed by atoms with Crippen LogP contribution in [-0.4, -0.2) is 45.2 Å². The van der Waals surface area contributed by atoms with Gasteiger partial charge in [0.1, 0.15) is 17.2 Å². The van der Waals surface area contributed by atoms with Gasteiger partial charge in [-0.25, -0.2) is 23.1 Å². The first-order valence-electron chi connectivity index (χ1n) is 14.1. The van der Waals surface area contributed by atoms with E-state index in [0.29, 0.717) is 0 Å². The highest BCUT2D eigenvalue weighted by Gasteiger charge is 2.61. The molecule has 2 atom stereocenters. The van der Waals surface area contributed by atoms with Gasteiger partial charge in [0.15, 0.2) is 12.2 Å². The van der Waals surface area contributed by atoms with E-state index >= 15 is 0 Å². The van der Waals surface area contributed by atoms with Crippen LogP contribution in [-0.2, 0) is 14.4 Å². The van der Waals surface area contributed by atoms with Gasteiger partial charge < -0.3 is 15.1 Å². The molecule has 1 aliphatic heterocycles. The fourth-order valence-electron chi connectivity index (χ4n) is 6.08. The standard InChI is InChI=1S/C32H24ClF3N6O4/c33-24-4-2-1-3-23(24)28(29(44)40-22-13-31(35,36)14-22)32(7-5-27(43)42(32)26-9-18(15-37)6-8-39-26)30(45)41-21-11-19(10-20(34)12-21)25-16-38-17-46-25/h1-4,6,8-12,16-17,22,28H,5,7,13-14H2,(H,40,44)(H,41,45)/t28-,32?/m1/s1. The Balaban J connectivity index is 1.52. The SMILES string of the molecule is N#Cc1ccnc(N2C(=O)CCC2(C(=O)Nc2cc(F)cc(-c3cnco3)c2)[C@@H](C(=O)NC2CC(F)(F)C2)c2ccccc2Cl)c1. The summed E-state index contributed by atoms with van der Waals surface area (Å²) in [5.74, 6) is -7.47. The lowest BCUT2D eigenvalue weighted by molar-refractivity contribution is -0.136. The third kappa shape index (κ3) is 5.67. The molecule has 2 aliphatic rings. The predicted molar refractivity (Wildman–Crippen MR) is 159 cm³/mol. The number of carbonyl (C=O) groups excluding carboxylic acids is 3. The molecule has 4 aromatic rings. The van der Waals surface area contributed by atoms with Crippen molar-refractivity contribution in [1.29, 1.82) is 5.26 Å². The van der Waals surface area contributed by atoms with Gasteiger partial charge in [-0.1, -0.05) is 29.8 Å². The van der Waals surface area contributed by atoms with Crippen LogP contribution in [0.2, 0.25) is 5.02 Å². The lowest BCUT2D eigenvalue weighted by atomic mass is 9.74. The zero-order chi connectivity index (χ0) is 32.6. The quantitative estimate of drug-likeness (QED) is 0.253. The van der Waals surface area contributed by atoms with Crippen molar-refractivity contribution in [3.05, 3.63) is 95.4 Å². The Bertz CT molecular complexity index is 1870. The van der Waals surface area contributed by atoms with Gasteiger partial charge in [-0.15, -0.1) is 0 Å². The number of nitrogens with one attached hydrogen (secondary N) is 2. The number of hydrogen-bond donors (Lipinski definition) is 2. The number of pyridine rings is 1. The van der Waals surface area contributed by atoms with Crippen molar-refractivity contribution >= 4 is 40.8 Å². The summed E-state index contributed by atoms with van der Waals surface area (Å²) >= 11 is 6.61.